The number of hydrogen-bond donors (Lipinski definition) is 2. The third kappa shape index (κ3) is 7.73. The van der Waals surface area contributed by atoms with Gasteiger partial charge in [0.05, 0.1) is 5.75 Å². The number of carbonyl (C=O) groups excluding carboxylic acids is 1. The van der Waals surface area contributed by atoms with Crippen molar-refractivity contribution in [2.24, 2.45) is 0 Å². The Kier molecular flexibility index (Phi) is 4.94. The lowest BCUT2D eigenvalue weighted by Gasteiger charge is -2.09. The Morgan fingerprint density at radius 3 is 2.31 bits per heavy atom. The molecule has 0 fully saturated rings. The predicted molar refractivity (Wildman–Crippen MR) is 50.7 cm³/mol. The van der Waals surface area contributed by atoms with Crippen LogP contribution >= 0.6 is 0 Å². The molecule has 0 aliphatic rings. The molecule has 2 N–H and O–H groups in total. The molecule has 0 aromatic rings. The molecule has 0 aliphatic carbocycles. The van der Waals surface area contributed by atoms with E-state index in [-0.39, 0.29) is 24.2 Å². The zero-order valence-electron chi connectivity index (χ0n) is 8.12. The molecule has 13 heavy (non-hydrogen) atoms. The van der Waals surface area contributed by atoms with Crippen molar-refractivity contribution in [2.45, 2.75) is 26.8 Å². The average molecular weight is 208 g/mol. The molecule has 0 radical (unpaired) electrons. The number of carbonyl (C=O) groups is 1. The highest BCUT2D eigenvalue weighted by Gasteiger charge is 2.10. The molecule has 0 rings (SSSR count). The van der Waals surface area contributed by atoms with Gasteiger partial charge in [-0.3, -0.25) is 4.79 Å². The van der Waals surface area contributed by atoms with E-state index in [1.54, 1.807) is 13.8 Å². The van der Waals surface area contributed by atoms with Crippen LogP contribution in [0.1, 0.15) is 20.8 Å². The second-order valence-electron chi connectivity index (χ2n) is 3.07. The third-order valence-corrected chi connectivity index (χ3v) is 2.73. The predicted octanol–water partition coefficient (Wildman–Crippen LogP) is -0.550. The summed E-state index contributed by atoms with van der Waals surface area (Å²) in [5.74, 6) is -0.301. The summed E-state index contributed by atoms with van der Waals surface area (Å²) in [6, 6.07) is -0.109. The fraction of sp³-hybridized carbons (Fsp3) is 0.857. The minimum Gasteiger partial charge on any atom is -0.355 e. The zero-order chi connectivity index (χ0) is 10.5. The van der Waals surface area contributed by atoms with Crippen LogP contribution in [0.3, 0.4) is 0 Å². The molecule has 0 aromatic heterocycles. The van der Waals surface area contributed by atoms with Gasteiger partial charge in [-0.25, -0.2) is 13.1 Å². The molecule has 0 spiro atoms. The van der Waals surface area contributed by atoms with Crippen molar-refractivity contribution in [1.29, 1.82) is 0 Å². The van der Waals surface area contributed by atoms with E-state index in [9.17, 15) is 13.2 Å². The Balaban J connectivity index is 3.84. The van der Waals surface area contributed by atoms with E-state index in [0.29, 0.717) is 0 Å². The van der Waals surface area contributed by atoms with Crippen LogP contribution in [0.5, 0.6) is 0 Å². The monoisotopic (exact) mass is 208 g/mol. The Morgan fingerprint density at radius 1 is 1.38 bits per heavy atom. The van der Waals surface area contributed by atoms with Crippen LogP contribution in [0.2, 0.25) is 0 Å². The van der Waals surface area contributed by atoms with Gasteiger partial charge >= 0.3 is 0 Å². The summed E-state index contributed by atoms with van der Waals surface area (Å²) >= 11 is 0. The largest absolute Gasteiger partial charge is 0.355 e. The van der Waals surface area contributed by atoms with Gasteiger partial charge in [-0.1, -0.05) is 0 Å². The SMILES string of the molecule is CC(=O)NCCS(=O)(=O)NC(C)C. The van der Waals surface area contributed by atoms with Gasteiger partial charge in [0.25, 0.3) is 0 Å². The van der Waals surface area contributed by atoms with Crippen molar-refractivity contribution in [1.82, 2.24) is 10.0 Å². The van der Waals surface area contributed by atoms with Crippen LogP contribution in [-0.4, -0.2) is 32.7 Å². The van der Waals surface area contributed by atoms with E-state index in [4.69, 9.17) is 0 Å². The van der Waals surface area contributed by atoms with Crippen molar-refractivity contribution < 1.29 is 13.2 Å². The molecule has 1 amide bonds. The Morgan fingerprint density at radius 2 is 1.92 bits per heavy atom. The molecule has 5 nitrogen and oxygen atoms in total. The van der Waals surface area contributed by atoms with Crippen LogP contribution < -0.4 is 10.0 Å². The molecule has 0 saturated heterocycles. The van der Waals surface area contributed by atoms with Crippen LogP contribution in [-0.2, 0) is 14.8 Å². The highest BCUT2D eigenvalue weighted by atomic mass is 32.2. The first-order chi connectivity index (χ1) is 5.83. The summed E-state index contributed by atoms with van der Waals surface area (Å²) in [6.45, 7) is 4.99. The van der Waals surface area contributed by atoms with Crippen molar-refractivity contribution in [3.8, 4) is 0 Å². The molecular weight excluding hydrogens is 192 g/mol. The van der Waals surface area contributed by atoms with E-state index in [0.717, 1.165) is 0 Å². The lowest BCUT2D eigenvalue weighted by molar-refractivity contribution is -0.118. The number of rotatable bonds is 5. The summed E-state index contributed by atoms with van der Waals surface area (Å²) in [7, 11) is -3.24. The maximum Gasteiger partial charge on any atom is 0.216 e. The van der Waals surface area contributed by atoms with Gasteiger partial charge in [0, 0.05) is 19.5 Å². The maximum absolute atomic E-state index is 11.2. The molecule has 0 aliphatic heterocycles. The van der Waals surface area contributed by atoms with Crippen molar-refractivity contribution >= 4 is 15.9 Å². The molecular formula is C7H16N2O3S. The Labute approximate surface area is 79.0 Å². The molecule has 0 saturated carbocycles. The van der Waals surface area contributed by atoms with Crippen molar-refractivity contribution in [3.63, 3.8) is 0 Å². The van der Waals surface area contributed by atoms with Gasteiger partial charge in [-0.15, -0.1) is 0 Å². The fourth-order valence-electron chi connectivity index (χ4n) is 0.779. The van der Waals surface area contributed by atoms with Crippen molar-refractivity contribution in [2.75, 3.05) is 12.3 Å². The zero-order valence-corrected chi connectivity index (χ0v) is 8.94. The highest BCUT2D eigenvalue weighted by molar-refractivity contribution is 7.89. The minimum absolute atomic E-state index is 0.0786. The second kappa shape index (κ2) is 5.18. The van der Waals surface area contributed by atoms with Gasteiger partial charge in [0.2, 0.25) is 15.9 Å². The molecule has 78 valence electrons. The smallest absolute Gasteiger partial charge is 0.216 e. The van der Waals surface area contributed by atoms with Crippen LogP contribution in [0.4, 0.5) is 0 Å². The molecule has 0 bridgehead atoms. The molecule has 6 heteroatoms. The van der Waals surface area contributed by atoms with Crippen molar-refractivity contribution in [3.05, 3.63) is 0 Å². The summed E-state index contributed by atoms with van der Waals surface area (Å²) in [6.07, 6.45) is 0. The first kappa shape index (κ1) is 12.4. The number of amides is 1. The lowest BCUT2D eigenvalue weighted by atomic mass is 10.4. The molecule has 0 heterocycles. The van der Waals surface area contributed by atoms with Gasteiger partial charge < -0.3 is 5.32 Å². The maximum atomic E-state index is 11.2. The molecule has 0 unspecified atom stereocenters. The van der Waals surface area contributed by atoms with Gasteiger partial charge in [-0.2, -0.15) is 0 Å². The van der Waals surface area contributed by atoms with Crippen LogP contribution in [0.15, 0.2) is 0 Å². The summed E-state index contributed by atoms with van der Waals surface area (Å²) in [5.41, 5.74) is 0. The standard InChI is InChI=1S/C7H16N2O3S/c1-6(2)9-13(11,12)5-4-8-7(3)10/h6,9H,4-5H2,1-3H3,(H,8,10). The van der Waals surface area contributed by atoms with E-state index >= 15 is 0 Å². The molecule has 0 aromatic carbocycles. The number of hydrogen-bond acceptors (Lipinski definition) is 3. The van der Waals surface area contributed by atoms with E-state index in [1.165, 1.54) is 6.92 Å². The quantitative estimate of drug-likeness (QED) is 0.636. The highest BCUT2D eigenvalue weighted by Crippen LogP contribution is 1.86. The number of sulfonamides is 1. The van der Waals surface area contributed by atoms with E-state index < -0.39 is 10.0 Å². The lowest BCUT2D eigenvalue weighted by Crippen LogP contribution is -2.36. The van der Waals surface area contributed by atoms with Crippen LogP contribution in [0.25, 0.3) is 0 Å². The topological polar surface area (TPSA) is 75.3 Å². The van der Waals surface area contributed by atoms with Gasteiger partial charge in [0.1, 0.15) is 0 Å². The van der Waals surface area contributed by atoms with E-state index in [2.05, 4.69) is 10.0 Å². The first-order valence-corrected chi connectivity index (χ1v) is 5.73. The Hall–Kier alpha value is -0.620. The number of nitrogens with one attached hydrogen (secondary N) is 2. The fourth-order valence-corrected chi connectivity index (χ4v) is 1.99. The molecule has 0 atom stereocenters. The Bertz CT molecular complexity index is 259. The normalized spacial score (nSPS) is 11.7. The van der Waals surface area contributed by atoms with Gasteiger partial charge in [-0.05, 0) is 13.8 Å². The first-order valence-electron chi connectivity index (χ1n) is 4.08. The summed E-state index contributed by atoms with van der Waals surface area (Å²) in [4.78, 5) is 10.4. The third-order valence-electron chi connectivity index (χ3n) is 1.16. The second-order valence-corrected chi connectivity index (χ2v) is 4.95. The average Bonchev–Trinajstić information content (AvgIpc) is 1.81. The summed E-state index contributed by atoms with van der Waals surface area (Å²) < 4.78 is 24.7. The van der Waals surface area contributed by atoms with Gasteiger partial charge in [0.15, 0.2) is 0 Å². The minimum atomic E-state index is -3.24. The summed E-state index contributed by atoms with van der Waals surface area (Å²) in [5, 5.41) is 2.42. The van der Waals surface area contributed by atoms with E-state index in [1.807, 2.05) is 0 Å². The van der Waals surface area contributed by atoms with Crippen LogP contribution in [0, 0.1) is 0 Å².